The molecule has 1 aliphatic rings. The van der Waals surface area contributed by atoms with E-state index in [1.54, 1.807) is 13.0 Å². The number of aromatic amines is 1. The number of rotatable bonds is 5. The SMILES string of the molecule is Cc1nc(CN2CC[C@H](O)[C@](Cc3cccc(F)c3)(C(=O)O)C2)cc(=O)[nH]1. The number of nitrogens with zero attached hydrogens (tertiary/aromatic N) is 2. The van der Waals surface area contributed by atoms with Crippen molar-refractivity contribution in [3.63, 3.8) is 0 Å². The molecule has 2 heterocycles. The van der Waals surface area contributed by atoms with E-state index in [1.807, 2.05) is 4.90 Å². The van der Waals surface area contributed by atoms with E-state index in [0.29, 0.717) is 30.2 Å². The van der Waals surface area contributed by atoms with Crippen LogP contribution in [0.3, 0.4) is 0 Å². The van der Waals surface area contributed by atoms with Gasteiger partial charge in [-0.3, -0.25) is 14.5 Å². The normalized spacial score (nSPS) is 23.3. The first-order valence-corrected chi connectivity index (χ1v) is 8.73. The first-order valence-electron chi connectivity index (χ1n) is 8.73. The van der Waals surface area contributed by atoms with Crippen molar-refractivity contribution in [3.8, 4) is 0 Å². The number of piperidine rings is 1. The van der Waals surface area contributed by atoms with Crippen molar-refractivity contribution in [2.45, 2.75) is 32.4 Å². The number of aliphatic hydroxyl groups is 1. The molecule has 7 nitrogen and oxygen atoms in total. The topological polar surface area (TPSA) is 107 Å². The number of likely N-dealkylation sites (tertiary alicyclic amines) is 1. The summed E-state index contributed by atoms with van der Waals surface area (Å²) in [6, 6.07) is 7.14. The number of aliphatic carboxylic acids is 1. The summed E-state index contributed by atoms with van der Waals surface area (Å²) in [5.74, 6) is -1.09. The molecule has 1 aliphatic heterocycles. The Bertz CT molecular complexity index is 901. The van der Waals surface area contributed by atoms with E-state index in [-0.39, 0.29) is 24.9 Å². The maximum atomic E-state index is 13.5. The van der Waals surface area contributed by atoms with Gasteiger partial charge in [0.05, 0.1) is 11.8 Å². The van der Waals surface area contributed by atoms with Crippen LogP contribution in [0.4, 0.5) is 4.39 Å². The number of benzene rings is 1. The molecule has 0 saturated carbocycles. The maximum absolute atomic E-state index is 13.5. The Hall–Kier alpha value is -2.58. The van der Waals surface area contributed by atoms with Gasteiger partial charge in [-0.05, 0) is 37.5 Å². The van der Waals surface area contributed by atoms with Crippen molar-refractivity contribution >= 4 is 5.97 Å². The Morgan fingerprint density at radius 3 is 2.89 bits per heavy atom. The molecule has 1 aromatic heterocycles. The maximum Gasteiger partial charge on any atom is 0.313 e. The number of hydrogen-bond donors (Lipinski definition) is 3. The lowest BCUT2D eigenvalue weighted by atomic mass is 9.73. The van der Waals surface area contributed by atoms with Gasteiger partial charge >= 0.3 is 5.97 Å². The smallest absolute Gasteiger partial charge is 0.313 e. The van der Waals surface area contributed by atoms with Crippen LogP contribution in [0.1, 0.15) is 23.5 Å². The number of aromatic nitrogens is 2. The van der Waals surface area contributed by atoms with Crippen molar-refractivity contribution in [2.24, 2.45) is 5.41 Å². The zero-order valence-electron chi connectivity index (χ0n) is 15.0. The molecule has 2 atom stereocenters. The molecule has 1 aromatic carbocycles. The molecule has 1 fully saturated rings. The highest BCUT2D eigenvalue weighted by Gasteiger charge is 2.49. The second-order valence-electron chi connectivity index (χ2n) is 7.11. The molecule has 0 radical (unpaired) electrons. The molecule has 2 aromatic rings. The highest BCUT2D eigenvalue weighted by Crippen LogP contribution is 2.35. The van der Waals surface area contributed by atoms with E-state index >= 15 is 0 Å². The lowest BCUT2D eigenvalue weighted by Crippen LogP contribution is -2.57. The quantitative estimate of drug-likeness (QED) is 0.723. The predicted octanol–water partition coefficient (Wildman–Crippen LogP) is 1.10. The molecule has 0 bridgehead atoms. The fourth-order valence-electron chi connectivity index (χ4n) is 3.72. The lowest BCUT2D eigenvalue weighted by molar-refractivity contribution is -0.163. The molecule has 0 aliphatic carbocycles. The molecule has 144 valence electrons. The van der Waals surface area contributed by atoms with Gasteiger partial charge in [-0.1, -0.05) is 12.1 Å². The summed E-state index contributed by atoms with van der Waals surface area (Å²) in [5.41, 5.74) is -0.664. The Balaban J connectivity index is 1.86. The van der Waals surface area contributed by atoms with Gasteiger partial charge in [0.2, 0.25) is 0 Å². The van der Waals surface area contributed by atoms with E-state index in [9.17, 15) is 24.2 Å². The van der Waals surface area contributed by atoms with Crippen LogP contribution in [0.5, 0.6) is 0 Å². The van der Waals surface area contributed by atoms with Crippen LogP contribution in [0.25, 0.3) is 0 Å². The van der Waals surface area contributed by atoms with Crippen molar-refractivity contribution in [1.29, 1.82) is 0 Å². The zero-order chi connectivity index (χ0) is 19.6. The Labute approximate surface area is 155 Å². The molecule has 8 heteroatoms. The molecule has 0 amide bonds. The third-order valence-electron chi connectivity index (χ3n) is 5.00. The summed E-state index contributed by atoms with van der Waals surface area (Å²) < 4.78 is 13.5. The summed E-state index contributed by atoms with van der Waals surface area (Å²) in [5, 5.41) is 20.4. The van der Waals surface area contributed by atoms with Crippen molar-refractivity contribution in [2.75, 3.05) is 13.1 Å². The summed E-state index contributed by atoms with van der Waals surface area (Å²) in [6.07, 6.45) is -0.771. The van der Waals surface area contributed by atoms with Gasteiger partial charge in [-0.15, -0.1) is 0 Å². The summed E-state index contributed by atoms with van der Waals surface area (Å²) in [4.78, 5) is 32.5. The van der Waals surface area contributed by atoms with Crippen LogP contribution in [0, 0.1) is 18.2 Å². The van der Waals surface area contributed by atoms with Crippen LogP contribution < -0.4 is 5.56 Å². The summed E-state index contributed by atoms with van der Waals surface area (Å²) >= 11 is 0. The van der Waals surface area contributed by atoms with E-state index in [1.165, 1.54) is 24.3 Å². The number of aliphatic hydroxyl groups excluding tert-OH is 1. The average molecular weight is 375 g/mol. The van der Waals surface area contributed by atoms with Gasteiger partial charge in [-0.25, -0.2) is 9.37 Å². The Kier molecular flexibility index (Phi) is 5.38. The van der Waals surface area contributed by atoms with Gasteiger partial charge in [-0.2, -0.15) is 0 Å². The van der Waals surface area contributed by atoms with Crippen LogP contribution >= 0.6 is 0 Å². The molecule has 3 rings (SSSR count). The Morgan fingerprint density at radius 2 is 2.22 bits per heavy atom. The summed E-state index contributed by atoms with van der Waals surface area (Å²) in [7, 11) is 0. The highest BCUT2D eigenvalue weighted by atomic mass is 19.1. The van der Waals surface area contributed by atoms with Crippen molar-refractivity contribution in [1.82, 2.24) is 14.9 Å². The van der Waals surface area contributed by atoms with Crippen LogP contribution in [-0.2, 0) is 17.8 Å². The van der Waals surface area contributed by atoms with E-state index in [2.05, 4.69) is 9.97 Å². The minimum Gasteiger partial charge on any atom is -0.481 e. The highest BCUT2D eigenvalue weighted by molar-refractivity contribution is 5.76. The number of nitrogens with one attached hydrogen (secondary N) is 1. The van der Waals surface area contributed by atoms with Crippen LogP contribution in [-0.4, -0.2) is 50.2 Å². The Morgan fingerprint density at radius 1 is 1.44 bits per heavy atom. The zero-order valence-corrected chi connectivity index (χ0v) is 15.0. The largest absolute Gasteiger partial charge is 0.481 e. The van der Waals surface area contributed by atoms with E-state index in [4.69, 9.17) is 0 Å². The van der Waals surface area contributed by atoms with Crippen molar-refractivity contribution in [3.05, 3.63) is 63.6 Å². The molecular weight excluding hydrogens is 353 g/mol. The number of aryl methyl sites for hydroxylation is 1. The third-order valence-corrected chi connectivity index (χ3v) is 5.00. The standard InChI is InChI=1S/C19H22FN3O4/c1-12-21-15(8-17(25)22-12)10-23-6-5-16(24)19(11-23,18(26)27)9-13-3-2-4-14(20)7-13/h2-4,7-8,16,24H,5-6,9-11H2,1H3,(H,26,27)(H,21,22,25)/t16-,19+/m0/s1. The minimum absolute atomic E-state index is 0.0135. The minimum atomic E-state index is -1.46. The molecule has 27 heavy (non-hydrogen) atoms. The first kappa shape index (κ1) is 19.2. The fourth-order valence-corrected chi connectivity index (χ4v) is 3.72. The summed E-state index contributed by atoms with van der Waals surface area (Å²) in [6.45, 7) is 2.53. The fraction of sp³-hybridized carbons (Fsp3) is 0.421. The van der Waals surface area contributed by atoms with Crippen molar-refractivity contribution < 1.29 is 19.4 Å². The number of carboxylic acid groups (broad SMARTS) is 1. The van der Waals surface area contributed by atoms with Gasteiger partial charge < -0.3 is 15.2 Å². The third kappa shape index (κ3) is 4.23. The van der Waals surface area contributed by atoms with Gasteiger partial charge in [0, 0.05) is 25.7 Å². The van der Waals surface area contributed by atoms with Gasteiger partial charge in [0.25, 0.3) is 5.56 Å². The second-order valence-corrected chi connectivity index (χ2v) is 7.11. The number of hydrogen-bond acceptors (Lipinski definition) is 5. The van der Waals surface area contributed by atoms with Crippen LogP contribution in [0.2, 0.25) is 0 Å². The van der Waals surface area contributed by atoms with Crippen LogP contribution in [0.15, 0.2) is 35.1 Å². The van der Waals surface area contributed by atoms with E-state index in [0.717, 1.165) is 0 Å². The monoisotopic (exact) mass is 375 g/mol. The van der Waals surface area contributed by atoms with E-state index < -0.39 is 23.3 Å². The lowest BCUT2D eigenvalue weighted by Gasteiger charge is -2.43. The number of H-pyrrole nitrogens is 1. The first-order chi connectivity index (χ1) is 12.8. The van der Waals surface area contributed by atoms with Gasteiger partial charge in [0.15, 0.2) is 0 Å². The molecule has 1 saturated heterocycles. The molecule has 0 spiro atoms. The molecular formula is C19H22FN3O4. The predicted molar refractivity (Wildman–Crippen MR) is 95.7 cm³/mol. The van der Waals surface area contributed by atoms with Gasteiger partial charge in [0.1, 0.15) is 17.1 Å². The second kappa shape index (κ2) is 7.58. The molecule has 3 N–H and O–H groups in total. The number of carbonyl (C=O) groups is 1. The number of carboxylic acids is 1. The molecule has 0 unspecified atom stereocenters. The number of halogens is 1. The average Bonchev–Trinajstić information content (AvgIpc) is 2.57.